The van der Waals surface area contributed by atoms with Gasteiger partial charge in [-0.05, 0) is 23.8 Å². The molecule has 0 unspecified atom stereocenters. The van der Waals surface area contributed by atoms with E-state index in [9.17, 15) is 13.2 Å². The fourth-order valence-corrected chi connectivity index (χ4v) is 2.43. The maximum absolute atomic E-state index is 13.0. The van der Waals surface area contributed by atoms with Crippen LogP contribution in [0.25, 0.3) is 22.5 Å². The van der Waals surface area contributed by atoms with Crippen molar-refractivity contribution in [3.05, 3.63) is 60.4 Å². The molecule has 3 aromatic rings. The van der Waals surface area contributed by atoms with Crippen LogP contribution in [0.15, 0.2) is 54.9 Å². The third kappa shape index (κ3) is 2.92. The number of imidazole rings is 1. The fraction of sp³-hybridized carbons (Fsp3) is 0.118. The smallest absolute Gasteiger partial charge is 0.416 e. The molecule has 0 aliphatic heterocycles. The van der Waals surface area contributed by atoms with Crippen LogP contribution in [0.2, 0.25) is 0 Å². The molecule has 23 heavy (non-hydrogen) atoms. The van der Waals surface area contributed by atoms with Gasteiger partial charge >= 0.3 is 6.18 Å². The number of hydrogen-bond acceptors (Lipinski definition) is 2. The van der Waals surface area contributed by atoms with Crippen LogP contribution < -0.4 is 4.74 Å². The zero-order valence-electron chi connectivity index (χ0n) is 12.2. The van der Waals surface area contributed by atoms with E-state index in [0.717, 1.165) is 12.1 Å². The number of methoxy groups -OCH3 is 1. The first-order chi connectivity index (χ1) is 11.0. The van der Waals surface area contributed by atoms with Crippen molar-refractivity contribution in [1.82, 2.24) is 9.97 Å². The minimum absolute atomic E-state index is 0.370. The Kier molecular flexibility index (Phi) is 3.82. The Morgan fingerprint density at radius 1 is 1.00 bits per heavy atom. The highest BCUT2D eigenvalue weighted by Crippen LogP contribution is 2.39. The number of benzene rings is 2. The lowest BCUT2D eigenvalue weighted by atomic mass is 9.96. The highest BCUT2D eigenvalue weighted by atomic mass is 19.4. The van der Waals surface area contributed by atoms with Gasteiger partial charge in [0, 0.05) is 23.5 Å². The van der Waals surface area contributed by atoms with Crippen molar-refractivity contribution >= 4 is 0 Å². The second-order valence-electron chi connectivity index (χ2n) is 4.90. The van der Waals surface area contributed by atoms with Gasteiger partial charge in [0.25, 0.3) is 0 Å². The van der Waals surface area contributed by atoms with Gasteiger partial charge in [0.15, 0.2) is 0 Å². The number of para-hydroxylation sites is 1. The van der Waals surface area contributed by atoms with E-state index in [1.165, 1.54) is 19.4 Å². The molecule has 3 nitrogen and oxygen atoms in total. The second-order valence-corrected chi connectivity index (χ2v) is 4.90. The molecule has 1 aromatic heterocycles. The van der Waals surface area contributed by atoms with Crippen molar-refractivity contribution in [3.63, 3.8) is 0 Å². The first-order valence-electron chi connectivity index (χ1n) is 6.85. The lowest BCUT2D eigenvalue weighted by Gasteiger charge is -2.14. The Labute approximate surface area is 130 Å². The minimum Gasteiger partial charge on any atom is -0.496 e. The molecular formula is C17H13F3N2O. The van der Waals surface area contributed by atoms with E-state index in [2.05, 4.69) is 9.97 Å². The molecule has 0 saturated carbocycles. The molecule has 0 aliphatic carbocycles. The van der Waals surface area contributed by atoms with Gasteiger partial charge in [-0.15, -0.1) is 0 Å². The van der Waals surface area contributed by atoms with E-state index in [0.29, 0.717) is 28.3 Å². The standard InChI is InChI=1S/C17H13F3N2O/c1-23-15-5-3-2-4-13(15)12-7-6-11(17(18,19)20)10-14(12)16-21-8-9-22-16/h2-10H,1H3,(H,21,22). The van der Waals surface area contributed by atoms with Gasteiger partial charge in [-0.2, -0.15) is 13.2 Å². The molecule has 0 fully saturated rings. The van der Waals surface area contributed by atoms with Gasteiger partial charge in [0.1, 0.15) is 11.6 Å². The molecule has 118 valence electrons. The summed E-state index contributed by atoms with van der Waals surface area (Å²) in [5.74, 6) is 0.956. The number of ether oxygens (including phenoxy) is 1. The number of aromatic amines is 1. The highest BCUT2D eigenvalue weighted by Gasteiger charge is 2.31. The highest BCUT2D eigenvalue weighted by molar-refractivity contribution is 5.84. The summed E-state index contributed by atoms with van der Waals surface area (Å²) in [4.78, 5) is 6.95. The Balaban J connectivity index is 2.25. The lowest BCUT2D eigenvalue weighted by Crippen LogP contribution is -2.05. The normalized spacial score (nSPS) is 11.5. The Bertz CT molecular complexity index is 811. The van der Waals surface area contributed by atoms with Crippen LogP contribution in [0.3, 0.4) is 0 Å². The molecule has 1 N–H and O–H groups in total. The van der Waals surface area contributed by atoms with E-state index in [1.807, 2.05) is 0 Å². The first kappa shape index (κ1) is 15.1. The number of nitrogens with zero attached hydrogens (tertiary/aromatic N) is 1. The average molecular weight is 318 g/mol. The van der Waals surface area contributed by atoms with Gasteiger partial charge in [-0.1, -0.05) is 24.3 Å². The van der Waals surface area contributed by atoms with Gasteiger partial charge in [-0.25, -0.2) is 4.98 Å². The number of halogens is 3. The maximum atomic E-state index is 13.0. The molecule has 0 radical (unpaired) electrons. The van der Waals surface area contributed by atoms with Crippen molar-refractivity contribution in [2.24, 2.45) is 0 Å². The van der Waals surface area contributed by atoms with Gasteiger partial charge in [-0.3, -0.25) is 0 Å². The van der Waals surface area contributed by atoms with Crippen LogP contribution in [-0.2, 0) is 6.18 Å². The molecule has 0 saturated heterocycles. The van der Waals surface area contributed by atoms with Crippen molar-refractivity contribution in [3.8, 4) is 28.3 Å². The van der Waals surface area contributed by atoms with E-state index in [-0.39, 0.29) is 0 Å². The van der Waals surface area contributed by atoms with E-state index < -0.39 is 11.7 Å². The van der Waals surface area contributed by atoms with Crippen molar-refractivity contribution in [1.29, 1.82) is 0 Å². The number of hydrogen-bond donors (Lipinski definition) is 1. The predicted molar refractivity (Wildman–Crippen MR) is 81.0 cm³/mol. The minimum atomic E-state index is -4.42. The van der Waals surface area contributed by atoms with Gasteiger partial charge in [0.2, 0.25) is 0 Å². The SMILES string of the molecule is COc1ccccc1-c1ccc(C(F)(F)F)cc1-c1ncc[nH]1. The molecule has 3 rings (SSSR count). The average Bonchev–Trinajstić information content (AvgIpc) is 3.07. The van der Waals surface area contributed by atoms with Gasteiger partial charge in [0.05, 0.1) is 12.7 Å². The molecule has 1 heterocycles. The fourth-order valence-electron chi connectivity index (χ4n) is 2.43. The van der Waals surface area contributed by atoms with Crippen LogP contribution >= 0.6 is 0 Å². The molecule has 2 aromatic carbocycles. The zero-order valence-corrected chi connectivity index (χ0v) is 12.2. The first-order valence-corrected chi connectivity index (χ1v) is 6.85. The topological polar surface area (TPSA) is 37.9 Å². The molecular weight excluding hydrogens is 305 g/mol. The number of nitrogens with one attached hydrogen (secondary N) is 1. The molecule has 0 bridgehead atoms. The maximum Gasteiger partial charge on any atom is 0.416 e. The molecule has 6 heteroatoms. The summed E-state index contributed by atoms with van der Waals surface area (Å²) < 4.78 is 44.4. The molecule has 0 atom stereocenters. The monoisotopic (exact) mass is 318 g/mol. The van der Waals surface area contributed by atoms with Crippen LogP contribution in [0.4, 0.5) is 13.2 Å². The summed E-state index contributed by atoms with van der Waals surface area (Å²) in [5.41, 5.74) is 0.970. The summed E-state index contributed by atoms with van der Waals surface area (Å²) >= 11 is 0. The Morgan fingerprint density at radius 2 is 1.78 bits per heavy atom. The van der Waals surface area contributed by atoms with Crippen LogP contribution in [-0.4, -0.2) is 17.1 Å². The summed E-state index contributed by atoms with van der Waals surface area (Å²) in [7, 11) is 1.52. The van der Waals surface area contributed by atoms with Gasteiger partial charge < -0.3 is 9.72 Å². The number of alkyl halides is 3. The summed E-state index contributed by atoms with van der Waals surface area (Å²) in [6, 6.07) is 10.8. The predicted octanol–water partition coefficient (Wildman–Crippen LogP) is 4.77. The zero-order chi connectivity index (χ0) is 16.4. The Morgan fingerprint density at radius 3 is 2.43 bits per heavy atom. The molecule has 0 aliphatic rings. The summed E-state index contributed by atoms with van der Waals surface area (Å²) in [6.45, 7) is 0. The summed E-state index contributed by atoms with van der Waals surface area (Å²) in [5, 5.41) is 0. The van der Waals surface area contributed by atoms with Crippen LogP contribution in [0, 0.1) is 0 Å². The van der Waals surface area contributed by atoms with Crippen molar-refractivity contribution < 1.29 is 17.9 Å². The number of H-pyrrole nitrogens is 1. The molecule has 0 amide bonds. The van der Waals surface area contributed by atoms with Crippen LogP contribution in [0.5, 0.6) is 5.75 Å². The van der Waals surface area contributed by atoms with E-state index >= 15 is 0 Å². The quantitative estimate of drug-likeness (QED) is 0.755. The van der Waals surface area contributed by atoms with Crippen molar-refractivity contribution in [2.45, 2.75) is 6.18 Å². The van der Waals surface area contributed by atoms with E-state index in [1.54, 1.807) is 30.5 Å². The van der Waals surface area contributed by atoms with Crippen molar-refractivity contribution in [2.75, 3.05) is 7.11 Å². The lowest BCUT2D eigenvalue weighted by molar-refractivity contribution is -0.137. The largest absolute Gasteiger partial charge is 0.496 e. The third-order valence-corrected chi connectivity index (χ3v) is 3.50. The van der Waals surface area contributed by atoms with Crippen LogP contribution in [0.1, 0.15) is 5.56 Å². The number of rotatable bonds is 3. The number of aromatic nitrogens is 2. The third-order valence-electron chi connectivity index (χ3n) is 3.50. The van der Waals surface area contributed by atoms with E-state index in [4.69, 9.17) is 4.74 Å². The summed E-state index contributed by atoms with van der Waals surface area (Å²) in [6.07, 6.45) is -1.34. The molecule has 0 spiro atoms. The Hall–Kier alpha value is -2.76. The second kappa shape index (κ2) is 5.79.